The molecule has 7 heteroatoms. The number of pyridine rings is 1. The van der Waals surface area contributed by atoms with Crippen LogP contribution in [0.5, 0.6) is 0 Å². The highest BCUT2D eigenvalue weighted by atomic mass is 19.1. The number of rotatable bonds is 2. The molecule has 0 atom stereocenters. The summed E-state index contributed by atoms with van der Waals surface area (Å²) in [6.45, 7) is 1.53. The second kappa shape index (κ2) is 4.22. The Labute approximate surface area is 113 Å². The first-order valence-corrected chi connectivity index (χ1v) is 6.33. The fourth-order valence-electron chi connectivity index (χ4n) is 2.41. The van der Waals surface area contributed by atoms with Gasteiger partial charge in [0.25, 0.3) is 0 Å². The van der Waals surface area contributed by atoms with Gasteiger partial charge in [0.05, 0.1) is 18.3 Å². The van der Waals surface area contributed by atoms with E-state index in [1.54, 1.807) is 0 Å². The molecular weight excluding hydrogens is 259 g/mol. The summed E-state index contributed by atoms with van der Waals surface area (Å²) in [6, 6.07) is 5.82. The molecule has 1 saturated heterocycles. The number of halogens is 1. The molecule has 4 rings (SSSR count). The highest BCUT2D eigenvalue weighted by molar-refractivity contribution is 5.41. The lowest BCUT2D eigenvalue weighted by Crippen LogP contribution is -2.46. The highest BCUT2D eigenvalue weighted by Gasteiger charge is 2.33. The quantitative estimate of drug-likeness (QED) is 0.701. The molecule has 0 unspecified atom stereocenters. The summed E-state index contributed by atoms with van der Waals surface area (Å²) in [4.78, 5) is 9.94. The van der Waals surface area contributed by atoms with Gasteiger partial charge in [-0.05, 0) is 12.1 Å². The van der Waals surface area contributed by atoms with Gasteiger partial charge in [0.15, 0.2) is 11.5 Å². The fourth-order valence-corrected chi connectivity index (χ4v) is 2.41. The Balaban J connectivity index is 1.55. The van der Waals surface area contributed by atoms with Crippen LogP contribution in [0.1, 0.15) is 11.7 Å². The maximum absolute atomic E-state index is 12.8. The average molecular weight is 270 g/mol. The van der Waals surface area contributed by atoms with Crippen LogP contribution in [-0.2, 0) is 0 Å². The summed E-state index contributed by atoms with van der Waals surface area (Å²) in [7, 11) is 0. The topological polar surface area (TPSA) is 59.2 Å². The molecule has 1 aliphatic heterocycles. The Morgan fingerprint density at radius 2 is 1.90 bits per heavy atom. The van der Waals surface area contributed by atoms with E-state index in [4.69, 9.17) is 0 Å². The molecule has 0 amide bonds. The van der Waals surface area contributed by atoms with Crippen molar-refractivity contribution in [3.63, 3.8) is 0 Å². The Morgan fingerprint density at radius 1 is 1.10 bits per heavy atom. The second-order valence-corrected chi connectivity index (χ2v) is 4.79. The van der Waals surface area contributed by atoms with Crippen molar-refractivity contribution in [2.45, 2.75) is 5.92 Å². The van der Waals surface area contributed by atoms with Crippen LogP contribution >= 0.6 is 0 Å². The maximum atomic E-state index is 12.8. The lowest BCUT2D eigenvalue weighted by molar-refractivity contribution is 0.485. The van der Waals surface area contributed by atoms with E-state index in [0.717, 1.165) is 24.6 Å². The lowest BCUT2D eigenvalue weighted by Gasteiger charge is -2.38. The van der Waals surface area contributed by atoms with Gasteiger partial charge in [0.1, 0.15) is 5.82 Å². The van der Waals surface area contributed by atoms with E-state index in [9.17, 15) is 4.39 Å². The minimum atomic E-state index is -0.422. The minimum absolute atomic E-state index is 0.293. The molecule has 0 saturated carbocycles. The molecule has 0 radical (unpaired) electrons. The molecule has 4 heterocycles. The largest absolute Gasteiger partial charge is 0.339 e. The van der Waals surface area contributed by atoms with E-state index in [1.807, 2.05) is 33.7 Å². The number of aromatic nitrogens is 5. The minimum Gasteiger partial charge on any atom is -0.339 e. The summed E-state index contributed by atoms with van der Waals surface area (Å²) in [6.07, 6.45) is 4.33. The first kappa shape index (κ1) is 11.3. The molecule has 100 valence electrons. The monoisotopic (exact) mass is 270 g/mol. The van der Waals surface area contributed by atoms with Crippen molar-refractivity contribution < 1.29 is 4.39 Å². The molecule has 0 aliphatic carbocycles. The van der Waals surface area contributed by atoms with Crippen LogP contribution in [0.3, 0.4) is 0 Å². The van der Waals surface area contributed by atoms with E-state index in [2.05, 4.69) is 20.2 Å². The van der Waals surface area contributed by atoms with Crippen molar-refractivity contribution in [3.05, 3.63) is 48.4 Å². The van der Waals surface area contributed by atoms with Crippen LogP contribution in [0.2, 0.25) is 0 Å². The number of fused-ring (bicyclic) bond motifs is 1. The van der Waals surface area contributed by atoms with E-state index >= 15 is 0 Å². The van der Waals surface area contributed by atoms with Gasteiger partial charge in [0, 0.05) is 19.3 Å². The number of hydrogen-bond donors (Lipinski definition) is 0. The Hall–Kier alpha value is -2.57. The number of anilines is 1. The van der Waals surface area contributed by atoms with E-state index in [1.165, 1.54) is 12.4 Å². The lowest BCUT2D eigenvalue weighted by atomic mass is 10.00. The first-order chi connectivity index (χ1) is 9.81. The third-order valence-electron chi connectivity index (χ3n) is 3.48. The normalized spacial score (nSPS) is 15.6. The molecule has 0 bridgehead atoms. The van der Waals surface area contributed by atoms with Crippen LogP contribution < -0.4 is 4.90 Å². The summed E-state index contributed by atoms with van der Waals surface area (Å²) in [5.41, 5.74) is 0.846. The summed E-state index contributed by atoms with van der Waals surface area (Å²) in [5.74, 6) is 1.37. The third kappa shape index (κ3) is 1.70. The molecule has 3 aromatic rings. The predicted octanol–water partition coefficient (Wildman–Crippen LogP) is 1.26. The maximum Gasteiger partial charge on any atom is 0.225 e. The van der Waals surface area contributed by atoms with Gasteiger partial charge in [0.2, 0.25) is 5.95 Å². The van der Waals surface area contributed by atoms with Crippen LogP contribution in [0.25, 0.3) is 5.65 Å². The standard InChI is InChI=1S/C13H11FN6/c14-10-5-15-13(16-6-10)19-7-9(8-19)12-18-17-11-3-1-2-4-20(11)12/h1-6,9H,7-8H2. The summed E-state index contributed by atoms with van der Waals surface area (Å²) >= 11 is 0. The molecule has 0 spiro atoms. The van der Waals surface area contributed by atoms with Gasteiger partial charge < -0.3 is 4.90 Å². The smallest absolute Gasteiger partial charge is 0.225 e. The van der Waals surface area contributed by atoms with Gasteiger partial charge in [-0.2, -0.15) is 0 Å². The van der Waals surface area contributed by atoms with Crippen molar-refractivity contribution in [2.24, 2.45) is 0 Å². The van der Waals surface area contributed by atoms with E-state index in [0.29, 0.717) is 11.9 Å². The average Bonchev–Trinajstić information content (AvgIpc) is 2.84. The summed E-state index contributed by atoms with van der Waals surface area (Å²) in [5, 5.41) is 8.39. The predicted molar refractivity (Wildman–Crippen MR) is 69.9 cm³/mol. The highest BCUT2D eigenvalue weighted by Crippen LogP contribution is 2.28. The van der Waals surface area contributed by atoms with Crippen molar-refractivity contribution in [3.8, 4) is 0 Å². The molecule has 1 fully saturated rings. The van der Waals surface area contributed by atoms with Crippen molar-refractivity contribution in [2.75, 3.05) is 18.0 Å². The molecule has 20 heavy (non-hydrogen) atoms. The molecule has 6 nitrogen and oxygen atoms in total. The van der Waals surface area contributed by atoms with Gasteiger partial charge >= 0.3 is 0 Å². The zero-order valence-electron chi connectivity index (χ0n) is 10.5. The number of nitrogens with zero attached hydrogens (tertiary/aromatic N) is 6. The van der Waals surface area contributed by atoms with Crippen LogP contribution in [0, 0.1) is 5.82 Å². The van der Waals surface area contributed by atoms with E-state index in [-0.39, 0.29) is 0 Å². The van der Waals surface area contributed by atoms with Gasteiger partial charge in [-0.1, -0.05) is 6.07 Å². The molecule has 0 N–H and O–H groups in total. The van der Waals surface area contributed by atoms with Crippen molar-refractivity contribution in [1.29, 1.82) is 0 Å². The molecule has 1 aliphatic rings. The Morgan fingerprint density at radius 3 is 2.70 bits per heavy atom. The number of hydrogen-bond acceptors (Lipinski definition) is 5. The van der Waals surface area contributed by atoms with Crippen molar-refractivity contribution in [1.82, 2.24) is 24.6 Å². The van der Waals surface area contributed by atoms with Crippen LogP contribution in [0.4, 0.5) is 10.3 Å². The fraction of sp³-hybridized carbons (Fsp3) is 0.231. The van der Waals surface area contributed by atoms with Gasteiger partial charge in [-0.25, -0.2) is 14.4 Å². The molecule has 3 aromatic heterocycles. The molecule has 0 aromatic carbocycles. The van der Waals surface area contributed by atoms with Crippen molar-refractivity contribution >= 4 is 11.6 Å². The Bertz CT molecular complexity index is 747. The SMILES string of the molecule is Fc1cnc(N2CC(c3nnc4ccccn34)C2)nc1. The zero-order valence-corrected chi connectivity index (χ0v) is 10.5. The van der Waals surface area contributed by atoms with E-state index < -0.39 is 5.82 Å². The zero-order chi connectivity index (χ0) is 13.5. The molecular formula is C13H11FN6. The Kier molecular flexibility index (Phi) is 2.38. The van der Waals surface area contributed by atoms with Crippen LogP contribution in [-0.4, -0.2) is 37.7 Å². The summed E-state index contributed by atoms with van der Waals surface area (Å²) < 4.78 is 14.8. The van der Waals surface area contributed by atoms with Crippen LogP contribution in [0.15, 0.2) is 36.8 Å². The van der Waals surface area contributed by atoms with Gasteiger partial charge in [-0.3, -0.25) is 4.40 Å². The first-order valence-electron chi connectivity index (χ1n) is 6.33. The second-order valence-electron chi connectivity index (χ2n) is 4.79. The third-order valence-corrected chi connectivity index (χ3v) is 3.48. The van der Waals surface area contributed by atoms with Gasteiger partial charge in [-0.15, -0.1) is 10.2 Å².